The van der Waals surface area contributed by atoms with Crippen molar-refractivity contribution in [1.82, 2.24) is 10.6 Å². The molecule has 0 spiro atoms. The summed E-state index contributed by atoms with van der Waals surface area (Å²) in [5, 5.41) is 19.0. The van der Waals surface area contributed by atoms with Crippen molar-refractivity contribution < 1.29 is 14.7 Å². The second-order valence-electron chi connectivity index (χ2n) is 6.85. The molecule has 6 nitrogen and oxygen atoms in total. The third-order valence-electron chi connectivity index (χ3n) is 4.47. The lowest BCUT2D eigenvalue weighted by Gasteiger charge is -2.18. The smallest absolute Gasteiger partial charge is 0.246 e. The summed E-state index contributed by atoms with van der Waals surface area (Å²) < 4.78 is 0. The third-order valence-corrected chi connectivity index (χ3v) is 5.20. The van der Waals surface area contributed by atoms with Crippen molar-refractivity contribution >= 4 is 23.2 Å². The van der Waals surface area contributed by atoms with Gasteiger partial charge in [0.1, 0.15) is 11.8 Å². The number of phenolic OH excluding ortho intramolecular Hbond substituents is 1. The second-order valence-corrected chi connectivity index (χ2v) is 7.63. The minimum atomic E-state index is -0.786. The Morgan fingerprint density at radius 3 is 2.54 bits per heavy atom. The number of phenols is 1. The molecule has 1 heterocycles. The summed E-state index contributed by atoms with van der Waals surface area (Å²) in [6.45, 7) is 5.35. The molecule has 2 amide bonds. The monoisotopic (exact) mass is 401 g/mol. The molecular weight excluding hydrogens is 374 g/mol. The summed E-state index contributed by atoms with van der Waals surface area (Å²) in [4.78, 5) is 24.5. The van der Waals surface area contributed by atoms with Crippen molar-refractivity contribution in [3.05, 3.63) is 63.5 Å². The number of allylic oxidation sites excluding steroid dienone is 1. The number of carbonyl (C=O) groups is 2. The lowest BCUT2D eigenvalue weighted by atomic mass is 9.96. The highest BCUT2D eigenvalue weighted by Crippen LogP contribution is 2.21. The first kappa shape index (κ1) is 21.7. The standard InChI is InChI=1S/C21H27N3O3S/c1-13-9-17(25)10-14(2)18(13)11-19(22)21(27)24-15(3)20(26)23-7-4-5-16-6-8-28-12-16/h4,6-10,12,15,19,25H,5,11,22H2,1-3H3,(H,23,26)(H,24,27)/b7-4+/t15-,19?/m1/s1. The lowest BCUT2D eigenvalue weighted by Crippen LogP contribution is -2.50. The number of benzene rings is 1. The van der Waals surface area contributed by atoms with Crippen LogP contribution >= 0.6 is 11.3 Å². The summed E-state index contributed by atoms with van der Waals surface area (Å²) in [5.74, 6) is -0.509. The van der Waals surface area contributed by atoms with E-state index in [1.54, 1.807) is 36.6 Å². The van der Waals surface area contributed by atoms with Gasteiger partial charge in [-0.25, -0.2) is 0 Å². The fourth-order valence-corrected chi connectivity index (χ4v) is 3.54. The van der Waals surface area contributed by atoms with E-state index in [1.807, 2.05) is 36.7 Å². The molecule has 2 aromatic rings. The Kier molecular flexibility index (Phi) is 7.78. The topological polar surface area (TPSA) is 104 Å². The number of carbonyl (C=O) groups excluding carboxylic acids is 2. The summed E-state index contributed by atoms with van der Waals surface area (Å²) >= 11 is 1.63. The Hall–Kier alpha value is -2.64. The van der Waals surface area contributed by atoms with E-state index in [9.17, 15) is 14.7 Å². The maximum Gasteiger partial charge on any atom is 0.246 e. The Balaban J connectivity index is 1.83. The first-order chi connectivity index (χ1) is 13.3. The van der Waals surface area contributed by atoms with E-state index in [0.717, 1.165) is 23.1 Å². The number of nitrogens with two attached hydrogens (primary N) is 1. The fourth-order valence-electron chi connectivity index (χ4n) is 2.86. The van der Waals surface area contributed by atoms with Crippen molar-refractivity contribution in [1.29, 1.82) is 0 Å². The third kappa shape index (κ3) is 6.21. The van der Waals surface area contributed by atoms with Gasteiger partial charge in [0.25, 0.3) is 0 Å². The predicted octanol–water partition coefficient (Wildman–Crippen LogP) is 2.32. The number of aryl methyl sites for hydroxylation is 2. The number of rotatable bonds is 8. The maximum absolute atomic E-state index is 12.4. The molecule has 0 bridgehead atoms. The van der Waals surface area contributed by atoms with Crippen LogP contribution in [0.3, 0.4) is 0 Å². The molecule has 1 aromatic heterocycles. The van der Waals surface area contributed by atoms with Crippen LogP contribution in [0.5, 0.6) is 5.75 Å². The van der Waals surface area contributed by atoms with E-state index in [4.69, 9.17) is 5.73 Å². The van der Waals surface area contributed by atoms with Gasteiger partial charge in [0.2, 0.25) is 11.8 Å². The summed E-state index contributed by atoms with van der Waals surface area (Å²) in [7, 11) is 0. The minimum Gasteiger partial charge on any atom is -0.508 e. The van der Waals surface area contributed by atoms with E-state index in [0.29, 0.717) is 6.42 Å². The fraction of sp³-hybridized carbons (Fsp3) is 0.333. The molecule has 2 rings (SSSR count). The molecule has 28 heavy (non-hydrogen) atoms. The van der Waals surface area contributed by atoms with E-state index in [-0.39, 0.29) is 11.7 Å². The van der Waals surface area contributed by atoms with Crippen molar-refractivity contribution in [3.8, 4) is 5.75 Å². The van der Waals surface area contributed by atoms with Gasteiger partial charge >= 0.3 is 0 Å². The van der Waals surface area contributed by atoms with Crippen LogP contribution in [-0.4, -0.2) is 29.0 Å². The van der Waals surface area contributed by atoms with Gasteiger partial charge in [-0.2, -0.15) is 11.3 Å². The van der Waals surface area contributed by atoms with E-state index in [1.165, 1.54) is 5.56 Å². The average molecular weight is 402 g/mol. The van der Waals surface area contributed by atoms with Crippen LogP contribution in [0, 0.1) is 13.8 Å². The zero-order valence-electron chi connectivity index (χ0n) is 16.4. The first-order valence-electron chi connectivity index (χ1n) is 9.09. The number of amides is 2. The first-order valence-corrected chi connectivity index (χ1v) is 10.0. The van der Waals surface area contributed by atoms with Gasteiger partial charge in [-0.05, 0) is 84.8 Å². The zero-order valence-corrected chi connectivity index (χ0v) is 17.2. The quantitative estimate of drug-likeness (QED) is 0.545. The number of hydrogen-bond donors (Lipinski definition) is 4. The highest BCUT2D eigenvalue weighted by Gasteiger charge is 2.21. The van der Waals surface area contributed by atoms with Gasteiger partial charge in [0.15, 0.2) is 0 Å². The van der Waals surface area contributed by atoms with Gasteiger partial charge in [-0.1, -0.05) is 6.08 Å². The van der Waals surface area contributed by atoms with Crippen LogP contribution in [0.25, 0.3) is 0 Å². The Bertz CT molecular complexity index is 824. The summed E-state index contributed by atoms with van der Waals surface area (Å²) in [6, 6.07) is 3.83. The molecule has 0 fully saturated rings. The van der Waals surface area contributed by atoms with Gasteiger partial charge in [0, 0.05) is 6.20 Å². The van der Waals surface area contributed by atoms with Crippen LogP contribution in [0.1, 0.15) is 29.2 Å². The van der Waals surface area contributed by atoms with Crippen LogP contribution in [-0.2, 0) is 22.4 Å². The normalized spacial score (nSPS) is 13.3. The van der Waals surface area contributed by atoms with Gasteiger partial charge in [-0.15, -0.1) is 0 Å². The SMILES string of the molecule is Cc1cc(O)cc(C)c1CC(N)C(=O)N[C@H](C)C(=O)N/C=C/Cc1ccsc1. The molecule has 0 aliphatic heterocycles. The van der Waals surface area contributed by atoms with Crippen molar-refractivity contribution in [2.24, 2.45) is 5.73 Å². The molecule has 0 saturated heterocycles. The molecule has 0 radical (unpaired) electrons. The number of aromatic hydroxyl groups is 1. The summed E-state index contributed by atoms with van der Waals surface area (Å²) in [6.07, 6.45) is 4.52. The van der Waals surface area contributed by atoms with E-state index < -0.39 is 18.0 Å². The van der Waals surface area contributed by atoms with E-state index >= 15 is 0 Å². The molecule has 5 N–H and O–H groups in total. The maximum atomic E-state index is 12.4. The number of hydrogen-bond acceptors (Lipinski definition) is 5. The summed E-state index contributed by atoms with van der Waals surface area (Å²) in [5.41, 5.74) is 9.89. The zero-order chi connectivity index (χ0) is 20.7. The number of thiophene rings is 1. The van der Waals surface area contributed by atoms with Gasteiger partial charge in [0.05, 0.1) is 6.04 Å². The molecule has 1 aromatic carbocycles. The second kappa shape index (κ2) is 10.1. The molecule has 2 atom stereocenters. The average Bonchev–Trinajstić information content (AvgIpc) is 3.14. The predicted molar refractivity (Wildman–Crippen MR) is 112 cm³/mol. The van der Waals surface area contributed by atoms with Crippen molar-refractivity contribution in [3.63, 3.8) is 0 Å². The molecule has 1 unspecified atom stereocenters. The Morgan fingerprint density at radius 2 is 1.93 bits per heavy atom. The number of nitrogens with one attached hydrogen (secondary N) is 2. The lowest BCUT2D eigenvalue weighted by molar-refractivity contribution is -0.128. The molecular formula is C21H27N3O3S. The van der Waals surface area contributed by atoms with Crippen LogP contribution in [0.15, 0.2) is 41.2 Å². The van der Waals surface area contributed by atoms with Gasteiger partial charge < -0.3 is 21.5 Å². The van der Waals surface area contributed by atoms with Gasteiger partial charge in [-0.3, -0.25) is 9.59 Å². The highest BCUT2D eigenvalue weighted by molar-refractivity contribution is 7.07. The van der Waals surface area contributed by atoms with E-state index in [2.05, 4.69) is 10.6 Å². The highest BCUT2D eigenvalue weighted by atomic mass is 32.1. The molecule has 7 heteroatoms. The van der Waals surface area contributed by atoms with Crippen molar-refractivity contribution in [2.45, 2.75) is 45.7 Å². The van der Waals surface area contributed by atoms with Crippen LogP contribution in [0.2, 0.25) is 0 Å². The molecule has 0 saturated carbocycles. The molecule has 150 valence electrons. The Labute approximate surface area is 169 Å². The van der Waals surface area contributed by atoms with Crippen molar-refractivity contribution in [2.75, 3.05) is 0 Å². The molecule has 0 aliphatic rings. The molecule has 0 aliphatic carbocycles. The van der Waals surface area contributed by atoms with Crippen LogP contribution in [0.4, 0.5) is 0 Å². The minimum absolute atomic E-state index is 0.189. The largest absolute Gasteiger partial charge is 0.508 e. The Morgan fingerprint density at radius 1 is 1.25 bits per heavy atom. The van der Waals surface area contributed by atoms with Crippen LogP contribution < -0.4 is 16.4 Å².